The summed E-state index contributed by atoms with van der Waals surface area (Å²) in [5.74, 6) is 1.10. The SMILES string of the molecule is COc1ccc(C(NC(=O)Cn2cnc3sc(C)c(C)c3c2=O)c2nccn2C)cc1. The van der Waals surface area contributed by atoms with Gasteiger partial charge >= 0.3 is 0 Å². The van der Waals surface area contributed by atoms with Crippen LogP contribution in [0.4, 0.5) is 0 Å². The molecule has 1 unspecified atom stereocenters. The van der Waals surface area contributed by atoms with E-state index in [2.05, 4.69) is 15.3 Å². The van der Waals surface area contributed by atoms with Gasteiger partial charge in [0.05, 0.1) is 18.8 Å². The highest BCUT2D eigenvalue weighted by Gasteiger charge is 2.22. The second-order valence-electron chi connectivity index (χ2n) is 7.31. The number of benzene rings is 1. The van der Waals surface area contributed by atoms with Gasteiger partial charge in [0.2, 0.25) is 5.91 Å². The lowest BCUT2D eigenvalue weighted by Crippen LogP contribution is -2.36. The van der Waals surface area contributed by atoms with Gasteiger partial charge < -0.3 is 14.6 Å². The van der Waals surface area contributed by atoms with Crippen molar-refractivity contribution in [2.45, 2.75) is 26.4 Å². The van der Waals surface area contributed by atoms with Gasteiger partial charge in [0.25, 0.3) is 5.56 Å². The van der Waals surface area contributed by atoms with Gasteiger partial charge in [-0.1, -0.05) is 12.1 Å². The Morgan fingerprint density at radius 2 is 1.97 bits per heavy atom. The van der Waals surface area contributed by atoms with Crippen molar-refractivity contribution in [1.82, 2.24) is 24.4 Å². The zero-order valence-electron chi connectivity index (χ0n) is 17.7. The molecule has 1 N–H and O–H groups in total. The fourth-order valence-corrected chi connectivity index (χ4v) is 4.48. The molecule has 0 bridgehead atoms. The summed E-state index contributed by atoms with van der Waals surface area (Å²) in [6.45, 7) is 3.74. The van der Waals surface area contributed by atoms with Gasteiger partial charge in [0.1, 0.15) is 29.0 Å². The van der Waals surface area contributed by atoms with Crippen LogP contribution in [-0.4, -0.2) is 32.1 Å². The second kappa shape index (κ2) is 8.35. The summed E-state index contributed by atoms with van der Waals surface area (Å²) in [6.07, 6.45) is 4.94. The molecule has 0 aliphatic heterocycles. The van der Waals surface area contributed by atoms with Crippen LogP contribution in [0.15, 0.2) is 47.8 Å². The number of hydrogen-bond acceptors (Lipinski definition) is 6. The molecular weight excluding hydrogens is 414 g/mol. The standard InChI is InChI=1S/C22H23N5O3S/c1-13-14(2)31-21-18(13)22(29)27(12-24-21)11-17(28)25-19(20-23-9-10-26(20)3)15-5-7-16(30-4)8-6-15/h5-10,12,19H,11H2,1-4H3,(H,25,28). The molecule has 1 aromatic carbocycles. The van der Waals surface area contributed by atoms with Crippen LogP contribution < -0.4 is 15.6 Å². The molecule has 0 aliphatic carbocycles. The molecule has 0 fully saturated rings. The van der Waals surface area contributed by atoms with E-state index in [4.69, 9.17) is 4.74 Å². The van der Waals surface area contributed by atoms with Crippen molar-refractivity contribution in [2.24, 2.45) is 7.05 Å². The van der Waals surface area contributed by atoms with Crippen molar-refractivity contribution in [3.05, 3.63) is 75.2 Å². The number of amides is 1. The van der Waals surface area contributed by atoms with Crippen LogP contribution in [-0.2, 0) is 18.4 Å². The molecule has 4 aromatic rings. The van der Waals surface area contributed by atoms with E-state index in [1.807, 2.05) is 55.9 Å². The van der Waals surface area contributed by atoms with Crippen molar-refractivity contribution >= 4 is 27.5 Å². The summed E-state index contributed by atoms with van der Waals surface area (Å²) in [5, 5.41) is 3.59. The average Bonchev–Trinajstić information content (AvgIpc) is 3.31. The van der Waals surface area contributed by atoms with Crippen LogP contribution in [0.25, 0.3) is 10.2 Å². The monoisotopic (exact) mass is 437 g/mol. The first-order valence-electron chi connectivity index (χ1n) is 9.74. The molecule has 1 amide bonds. The molecule has 1 atom stereocenters. The molecular formula is C22H23N5O3S. The van der Waals surface area contributed by atoms with Gasteiger partial charge in [0, 0.05) is 24.3 Å². The number of nitrogens with one attached hydrogen (secondary N) is 1. The van der Waals surface area contributed by atoms with E-state index in [0.29, 0.717) is 16.0 Å². The van der Waals surface area contributed by atoms with E-state index in [9.17, 15) is 9.59 Å². The molecule has 3 heterocycles. The molecule has 4 rings (SSSR count). The zero-order valence-corrected chi connectivity index (χ0v) is 18.6. The number of rotatable bonds is 6. The summed E-state index contributed by atoms with van der Waals surface area (Å²) >= 11 is 1.49. The third kappa shape index (κ3) is 3.96. The number of hydrogen-bond donors (Lipinski definition) is 1. The Labute approximate surface area is 183 Å². The summed E-state index contributed by atoms with van der Waals surface area (Å²) in [6, 6.07) is 6.96. The Morgan fingerprint density at radius 1 is 1.23 bits per heavy atom. The van der Waals surface area contributed by atoms with Crippen molar-refractivity contribution in [3.8, 4) is 5.75 Å². The van der Waals surface area contributed by atoms with Gasteiger partial charge in [-0.15, -0.1) is 11.3 Å². The van der Waals surface area contributed by atoms with Crippen molar-refractivity contribution in [2.75, 3.05) is 7.11 Å². The number of aromatic nitrogens is 4. The summed E-state index contributed by atoms with van der Waals surface area (Å²) in [4.78, 5) is 36.4. The molecule has 0 spiro atoms. The molecule has 160 valence electrons. The Bertz CT molecular complexity index is 1300. The third-order valence-corrected chi connectivity index (χ3v) is 6.46. The lowest BCUT2D eigenvalue weighted by atomic mass is 10.1. The predicted octanol–water partition coefficient (Wildman–Crippen LogP) is 2.72. The van der Waals surface area contributed by atoms with Gasteiger partial charge in [-0.05, 0) is 37.1 Å². The van der Waals surface area contributed by atoms with E-state index in [1.54, 1.807) is 13.3 Å². The first-order valence-corrected chi connectivity index (χ1v) is 10.6. The highest BCUT2D eigenvalue weighted by atomic mass is 32.1. The van der Waals surface area contributed by atoms with E-state index in [1.165, 1.54) is 22.2 Å². The third-order valence-electron chi connectivity index (χ3n) is 5.34. The zero-order chi connectivity index (χ0) is 22.1. The normalized spacial score (nSPS) is 12.1. The molecule has 3 aromatic heterocycles. The van der Waals surface area contributed by atoms with Gasteiger partial charge in [0.15, 0.2) is 0 Å². The Kier molecular flexibility index (Phi) is 5.60. The van der Waals surface area contributed by atoms with Crippen LogP contribution in [0.3, 0.4) is 0 Å². The maximum Gasteiger partial charge on any atom is 0.262 e. The van der Waals surface area contributed by atoms with E-state index in [-0.39, 0.29) is 18.0 Å². The fraction of sp³-hybridized carbons (Fsp3) is 0.273. The lowest BCUT2D eigenvalue weighted by molar-refractivity contribution is -0.122. The fourth-order valence-electron chi connectivity index (χ4n) is 3.49. The number of imidazole rings is 1. The number of carbonyl (C=O) groups is 1. The highest BCUT2D eigenvalue weighted by Crippen LogP contribution is 2.26. The summed E-state index contributed by atoms with van der Waals surface area (Å²) in [5.41, 5.74) is 1.56. The second-order valence-corrected chi connectivity index (χ2v) is 8.51. The first-order chi connectivity index (χ1) is 14.9. The van der Waals surface area contributed by atoms with E-state index < -0.39 is 6.04 Å². The number of thiophene rings is 1. The Balaban J connectivity index is 1.63. The summed E-state index contributed by atoms with van der Waals surface area (Å²) < 4.78 is 8.43. The number of carbonyl (C=O) groups excluding carboxylic acids is 1. The van der Waals surface area contributed by atoms with Crippen LogP contribution in [0.1, 0.15) is 27.9 Å². The largest absolute Gasteiger partial charge is 0.497 e. The maximum absolute atomic E-state index is 12.9. The van der Waals surface area contributed by atoms with Crippen LogP contribution in [0.2, 0.25) is 0 Å². The van der Waals surface area contributed by atoms with Crippen molar-refractivity contribution in [1.29, 1.82) is 0 Å². The van der Waals surface area contributed by atoms with Gasteiger partial charge in [-0.2, -0.15) is 0 Å². The average molecular weight is 438 g/mol. The number of ether oxygens (including phenoxy) is 1. The van der Waals surface area contributed by atoms with Gasteiger partial charge in [-0.3, -0.25) is 14.2 Å². The molecule has 0 aliphatic rings. The van der Waals surface area contributed by atoms with Crippen molar-refractivity contribution in [3.63, 3.8) is 0 Å². The highest BCUT2D eigenvalue weighted by molar-refractivity contribution is 7.18. The minimum Gasteiger partial charge on any atom is -0.497 e. The van der Waals surface area contributed by atoms with E-state index >= 15 is 0 Å². The predicted molar refractivity (Wildman–Crippen MR) is 120 cm³/mol. The molecule has 8 nitrogen and oxygen atoms in total. The lowest BCUT2D eigenvalue weighted by Gasteiger charge is -2.20. The molecule has 0 radical (unpaired) electrons. The minimum absolute atomic E-state index is 0.132. The van der Waals surface area contributed by atoms with Crippen LogP contribution in [0.5, 0.6) is 5.75 Å². The molecule has 9 heteroatoms. The van der Waals surface area contributed by atoms with Crippen LogP contribution in [0, 0.1) is 13.8 Å². The van der Waals surface area contributed by atoms with Gasteiger partial charge in [-0.25, -0.2) is 9.97 Å². The topological polar surface area (TPSA) is 91.0 Å². The van der Waals surface area contributed by atoms with Crippen LogP contribution >= 0.6 is 11.3 Å². The molecule has 0 saturated heterocycles. The Morgan fingerprint density at radius 3 is 2.61 bits per heavy atom. The number of aryl methyl sites for hydroxylation is 3. The number of nitrogens with zero attached hydrogens (tertiary/aromatic N) is 4. The minimum atomic E-state index is -0.476. The molecule has 0 saturated carbocycles. The summed E-state index contributed by atoms with van der Waals surface area (Å²) in [7, 11) is 3.47. The maximum atomic E-state index is 12.9. The quantitative estimate of drug-likeness (QED) is 0.501. The first kappa shape index (κ1) is 20.8. The smallest absolute Gasteiger partial charge is 0.262 e. The van der Waals surface area contributed by atoms with Crippen molar-refractivity contribution < 1.29 is 9.53 Å². The molecule has 31 heavy (non-hydrogen) atoms. The number of methoxy groups -OCH3 is 1. The van der Waals surface area contributed by atoms with E-state index in [0.717, 1.165) is 21.8 Å². The Hall–Kier alpha value is -3.46. The number of fused-ring (bicyclic) bond motifs is 1.